The quantitative estimate of drug-likeness (QED) is 0.703. The third-order valence-corrected chi connectivity index (χ3v) is 8.40. The second-order valence-corrected chi connectivity index (χ2v) is 10.3. The highest BCUT2D eigenvalue weighted by Gasteiger charge is 2.35. The molecular weight excluding hydrogens is 366 g/mol. The minimum Gasteiger partial charge on any atom is -0.384 e. The lowest BCUT2D eigenvalue weighted by atomic mass is 9.97. The summed E-state index contributed by atoms with van der Waals surface area (Å²) in [5.41, 5.74) is 0. The zero-order chi connectivity index (χ0) is 19.3. The normalized spacial score (nSPS) is 27.1. The average molecular weight is 402 g/mol. The fraction of sp³-hybridized carbons (Fsp3) is 0.947. The SMILES string of the molecule is COCC1CCCN(S(=O)(=O)N2CCC(CNC(=O)C3CCCC3)CC2)C1. The second kappa shape index (κ2) is 9.67. The summed E-state index contributed by atoms with van der Waals surface area (Å²) >= 11 is 0. The summed E-state index contributed by atoms with van der Waals surface area (Å²) in [4.78, 5) is 12.2. The number of nitrogens with zero attached hydrogens (tertiary/aromatic N) is 2. The van der Waals surface area contributed by atoms with Gasteiger partial charge in [0.2, 0.25) is 5.91 Å². The van der Waals surface area contributed by atoms with Gasteiger partial charge in [-0.1, -0.05) is 12.8 Å². The van der Waals surface area contributed by atoms with Crippen molar-refractivity contribution >= 4 is 16.1 Å². The van der Waals surface area contributed by atoms with Crippen LogP contribution in [0.15, 0.2) is 0 Å². The summed E-state index contributed by atoms with van der Waals surface area (Å²) in [7, 11) is -1.71. The molecule has 156 valence electrons. The van der Waals surface area contributed by atoms with Gasteiger partial charge >= 0.3 is 0 Å². The van der Waals surface area contributed by atoms with Gasteiger partial charge in [-0.15, -0.1) is 0 Å². The van der Waals surface area contributed by atoms with E-state index in [2.05, 4.69) is 5.32 Å². The maximum Gasteiger partial charge on any atom is 0.281 e. The average Bonchev–Trinajstić information content (AvgIpc) is 3.22. The number of hydrogen-bond donors (Lipinski definition) is 1. The molecule has 8 heteroatoms. The second-order valence-electron chi connectivity index (χ2n) is 8.40. The lowest BCUT2D eigenvalue weighted by molar-refractivity contribution is -0.125. The number of ether oxygens (including phenoxy) is 1. The summed E-state index contributed by atoms with van der Waals surface area (Å²) in [6, 6.07) is 0. The summed E-state index contributed by atoms with van der Waals surface area (Å²) in [6.07, 6.45) is 7.93. The van der Waals surface area contributed by atoms with E-state index in [4.69, 9.17) is 4.74 Å². The molecule has 27 heavy (non-hydrogen) atoms. The number of rotatable bonds is 7. The molecule has 3 fully saturated rings. The molecular formula is C19H35N3O4S. The number of nitrogens with one attached hydrogen (secondary N) is 1. The zero-order valence-corrected chi connectivity index (χ0v) is 17.4. The summed E-state index contributed by atoms with van der Waals surface area (Å²) in [5.74, 6) is 1.07. The van der Waals surface area contributed by atoms with Gasteiger partial charge in [-0.05, 0) is 50.4 Å². The maximum atomic E-state index is 13.0. The van der Waals surface area contributed by atoms with Crippen LogP contribution < -0.4 is 5.32 Å². The van der Waals surface area contributed by atoms with Gasteiger partial charge in [-0.3, -0.25) is 4.79 Å². The van der Waals surface area contributed by atoms with Crippen molar-refractivity contribution in [3.8, 4) is 0 Å². The Morgan fingerprint density at radius 3 is 2.33 bits per heavy atom. The van der Waals surface area contributed by atoms with E-state index in [1.165, 1.54) is 0 Å². The smallest absolute Gasteiger partial charge is 0.281 e. The lowest BCUT2D eigenvalue weighted by Gasteiger charge is -2.38. The first-order valence-corrected chi connectivity index (χ1v) is 11.9. The molecule has 3 aliphatic rings. The predicted molar refractivity (Wildman–Crippen MR) is 104 cm³/mol. The molecule has 2 heterocycles. The Kier molecular flexibility index (Phi) is 7.53. The first kappa shape index (κ1) is 21.0. The van der Waals surface area contributed by atoms with Crippen molar-refractivity contribution < 1.29 is 17.9 Å². The van der Waals surface area contributed by atoms with Crippen molar-refractivity contribution in [2.45, 2.75) is 51.4 Å². The number of hydrogen-bond acceptors (Lipinski definition) is 4. The largest absolute Gasteiger partial charge is 0.384 e. The highest BCUT2D eigenvalue weighted by atomic mass is 32.2. The first-order valence-electron chi connectivity index (χ1n) is 10.5. The molecule has 1 amide bonds. The van der Waals surface area contributed by atoms with Gasteiger partial charge < -0.3 is 10.1 Å². The Hall–Kier alpha value is -0.700. The van der Waals surface area contributed by atoms with Gasteiger partial charge in [0.25, 0.3) is 10.2 Å². The molecule has 1 saturated carbocycles. The van der Waals surface area contributed by atoms with Gasteiger partial charge in [0.1, 0.15) is 0 Å². The van der Waals surface area contributed by atoms with Crippen LogP contribution in [0.2, 0.25) is 0 Å². The van der Waals surface area contributed by atoms with Crippen molar-refractivity contribution in [3.63, 3.8) is 0 Å². The highest BCUT2D eigenvalue weighted by molar-refractivity contribution is 7.86. The van der Waals surface area contributed by atoms with Crippen molar-refractivity contribution in [1.29, 1.82) is 0 Å². The molecule has 0 aromatic carbocycles. The molecule has 0 spiro atoms. The van der Waals surface area contributed by atoms with Crippen LogP contribution in [0.1, 0.15) is 51.4 Å². The maximum absolute atomic E-state index is 13.0. The Morgan fingerprint density at radius 1 is 0.963 bits per heavy atom. The van der Waals surface area contributed by atoms with Crippen LogP contribution >= 0.6 is 0 Å². The van der Waals surface area contributed by atoms with Gasteiger partial charge in [-0.25, -0.2) is 0 Å². The molecule has 0 radical (unpaired) electrons. The molecule has 1 atom stereocenters. The van der Waals surface area contributed by atoms with Gasteiger partial charge in [-0.2, -0.15) is 17.0 Å². The van der Waals surface area contributed by atoms with E-state index < -0.39 is 10.2 Å². The fourth-order valence-corrected chi connectivity index (χ4v) is 6.45. The van der Waals surface area contributed by atoms with E-state index in [-0.39, 0.29) is 11.8 Å². The van der Waals surface area contributed by atoms with Crippen molar-refractivity contribution in [2.24, 2.45) is 17.8 Å². The van der Waals surface area contributed by atoms with Crippen LogP contribution in [0, 0.1) is 17.8 Å². The number of piperidine rings is 2. The van der Waals surface area contributed by atoms with Crippen molar-refractivity contribution in [1.82, 2.24) is 13.9 Å². The molecule has 3 rings (SSSR count). The first-order chi connectivity index (χ1) is 13.0. The van der Waals surface area contributed by atoms with E-state index in [9.17, 15) is 13.2 Å². The Balaban J connectivity index is 1.44. The molecule has 1 unspecified atom stereocenters. The zero-order valence-electron chi connectivity index (χ0n) is 16.6. The summed E-state index contributed by atoms with van der Waals surface area (Å²) in [6.45, 7) is 3.58. The van der Waals surface area contributed by atoms with Crippen molar-refractivity contribution in [3.05, 3.63) is 0 Å². The van der Waals surface area contributed by atoms with Crippen LogP contribution in [0.3, 0.4) is 0 Å². The van der Waals surface area contributed by atoms with E-state index in [0.717, 1.165) is 51.4 Å². The number of methoxy groups -OCH3 is 1. The van der Waals surface area contributed by atoms with Crippen LogP contribution in [0.25, 0.3) is 0 Å². The van der Waals surface area contributed by atoms with E-state index in [0.29, 0.717) is 51.2 Å². The molecule has 0 aromatic heterocycles. The summed E-state index contributed by atoms with van der Waals surface area (Å²) in [5, 5.41) is 3.10. The van der Waals surface area contributed by atoms with Crippen LogP contribution in [-0.4, -0.2) is 69.4 Å². The van der Waals surface area contributed by atoms with E-state index >= 15 is 0 Å². The molecule has 2 aliphatic heterocycles. The van der Waals surface area contributed by atoms with Crippen LogP contribution in [-0.2, 0) is 19.7 Å². The standard InChI is InChI=1S/C19H35N3O4S/c1-26-15-17-5-4-10-22(14-17)27(24,25)21-11-8-16(9-12-21)13-20-19(23)18-6-2-3-7-18/h16-18H,2-15H2,1H3,(H,20,23). The fourth-order valence-electron chi connectivity index (χ4n) is 4.69. The van der Waals surface area contributed by atoms with E-state index in [1.807, 2.05) is 0 Å². The summed E-state index contributed by atoms with van der Waals surface area (Å²) < 4.78 is 34.4. The number of carbonyl (C=O) groups is 1. The lowest BCUT2D eigenvalue weighted by Crippen LogP contribution is -2.51. The third-order valence-electron chi connectivity index (χ3n) is 6.40. The predicted octanol–water partition coefficient (Wildman–Crippen LogP) is 1.61. The Bertz CT molecular complexity index is 582. The van der Waals surface area contributed by atoms with Crippen molar-refractivity contribution in [2.75, 3.05) is 46.4 Å². The topological polar surface area (TPSA) is 79.0 Å². The number of carbonyl (C=O) groups excluding carboxylic acids is 1. The van der Waals surface area contributed by atoms with Gasteiger partial charge in [0.15, 0.2) is 0 Å². The molecule has 0 bridgehead atoms. The third kappa shape index (κ3) is 5.43. The van der Waals surface area contributed by atoms with E-state index in [1.54, 1.807) is 15.7 Å². The molecule has 1 N–H and O–H groups in total. The highest BCUT2D eigenvalue weighted by Crippen LogP contribution is 2.27. The number of amides is 1. The van der Waals surface area contributed by atoms with Crippen LogP contribution in [0.4, 0.5) is 0 Å². The monoisotopic (exact) mass is 401 g/mol. The Morgan fingerprint density at radius 2 is 1.67 bits per heavy atom. The van der Waals surface area contributed by atoms with Gasteiger partial charge in [0.05, 0.1) is 6.61 Å². The molecule has 7 nitrogen and oxygen atoms in total. The minimum atomic E-state index is -3.38. The molecule has 1 aliphatic carbocycles. The molecule has 0 aromatic rings. The minimum absolute atomic E-state index is 0.194. The molecule has 2 saturated heterocycles. The van der Waals surface area contributed by atoms with Gasteiger partial charge in [0, 0.05) is 45.8 Å². The van der Waals surface area contributed by atoms with Crippen LogP contribution in [0.5, 0.6) is 0 Å². The Labute approximate surface area is 164 Å².